The highest BCUT2D eigenvalue weighted by atomic mass is 16.5. The third-order valence-corrected chi connectivity index (χ3v) is 4.23. The van der Waals surface area contributed by atoms with Crippen molar-refractivity contribution < 1.29 is 28.7 Å². The maximum absolute atomic E-state index is 12.3. The van der Waals surface area contributed by atoms with E-state index in [9.17, 15) is 19.2 Å². The number of carbonyl (C=O) groups excluding carboxylic acids is 4. The van der Waals surface area contributed by atoms with Crippen LogP contribution >= 0.6 is 0 Å². The molecule has 3 amide bonds. The molecule has 8 nitrogen and oxygen atoms in total. The summed E-state index contributed by atoms with van der Waals surface area (Å²) >= 11 is 0. The Labute approximate surface area is 166 Å². The zero-order valence-electron chi connectivity index (χ0n) is 15.6. The van der Waals surface area contributed by atoms with Crippen molar-refractivity contribution in [3.63, 3.8) is 0 Å². The minimum atomic E-state index is -0.778. The molecular weight excluding hydrogens is 376 g/mol. The van der Waals surface area contributed by atoms with E-state index >= 15 is 0 Å². The average Bonchev–Trinajstić information content (AvgIpc) is 2.97. The molecule has 1 aliphatic heterocycles. The standard InChI is InChI=1S/C21H18N2O6/c1-3-10-23-19(25)16-9-4-13(11-17(16)20(23)26)21(27)29-12-18(24)22-14-5-7-15(28-2)8-6-14/h3-9,11H,1,10,12H2,2H3,(H,22,24). The number of anilines is 1. The zero-order valence-corrected chi connectivity index (χ0v) is 15.6. The van der Waals surface area contributed by atoms with E-state index in [1.807, 2.05) is 0 Å². The predicted octanol–water partition coefficient (Wildman–Crippen LogP) is 2.27. The van der Waals surface area contributed by atoms with E-state index in [2.05, 4.69) is 11.9 Å². The molecular formula is C21H18N2O6. The van der Waals surface area contributed by atoms with Crippen molar-refractivity contribution in [2.45, 2.75) is 0 Å². The van der Waals surface area contributed by atoms with Crippen molar-refractivity contribution >= 4 is 29.4 Å². The van der Waals surface area contributed by atoms with Crippen LogP contribution in [0.25, 0.3) is 0 Å². The zero-order chi connectivity index (χ0) is 21.0. The van der Waals surface area contributed by atoms with Gasteiger partial charge < -0.3 is 14.8 Å². The lowest BCUT2D eigenvalue weighted by molar-refractivity contribution is -0.119. The fourth-order valence-electron chi connectivity index (χ4n) is 2.80. The minimum Gasteiger partial charge on any atom is -0.497 e. The average molecular weight is 394 g/mol. The maximum atomic E-state index is 12.3. The number of carbonyl (C=O) groups is 4. The van der Waals surface area contributed by atoms with E-state index in [-0.39, 0.29) is 23.2 Å². The van der Waals surface area contributed by atoms with Crippen LogP contribution in [0.2, 0.25) is 0 Å². The summed E-state index contributed by atoms with van der Waals surface area (Å²) < 4.78 is 10.0. The van der Waals surface area contributed by atoms with Crippen LogP contribution in [0.15, 0.2) is 55.1 Å². The van der Waals surface area contributed by atoms with Crippen LogP contribution in [0.3, 0.4) is 0 Å². The van der Waals surface area contributed by atoms with Crippen LogP contribution in [0.4, 0.5) is 5.69 Å². The number of ether oxygens (including phenoxy) is 2. The van der Waals surface area contributed by atoms with E-state index < -0.39 is 30.3 Å². The van der Waals surface area contributed by atoms with Gasteiger partial charge in [-0.2, -0.15) is 0 Å². The van der Waals surface area contributed by atoms with E-state index in [0.717, 1.165) is 4.90 Å². The second-order valence-electron chi connectivity index (χ2n) is 6.12. The molecule has 0 saturated heterocycles. The van der Waals surface area contributed by atoms with Gasteiger partial charge in [0.1, 0.15) is 5.75 Å². The van der Waals surface area contributed by atoms with Gasteiger partial charge in [-0.15, -0.1) is 6.58 Å². The third-order valence-electron chi connectivity index (χ3n) is 4.23. The Kier molecular flexibility index (Phi) is 5.73. The summed E-state index contributed by atoms with van der Waals surface area (Å²) in [5.74, 6) is -1.60. The third kappa shape index (κ3) is 4.16. The summed E-state index contributed by atoms with van der Waals surface area (Å²) in [5, 5.41) is 2.59. The monoisotopic (exact) mass is 394 g/mol. The second-order valence-corrected chi connectivity index (χ2v) is 6.12. The first-order valence-corrected chi connectivity index (χ1v) is 8.66. The lowest BCUT2D eigenvalue weighted by Gasteiger charge is -2.09. The molecule has 1 heterocycles. The Morgan fingerprint density at radius 2 is 1.76 bits per heavy atom. The molecule has 2 aromatic rings. The Bertz CT molecular complexity index is 997. The summed E-state index contributed by atoms with van der Waals surface area (Å²) in [6, 6.07) is 10.7. The Balaban J connectivity index is 1.61. The summed E-state index contributed by atoms with van der Waals surface area (Å²) in [6.45, 7) is 3.10. The van der Waals surface area contributed by atoms with Gasteiger partial charge in [-0.25, -0.2) is 4.79 Å². The molecule has 1 aliphatic rings. The highest BCUT2D eigenvalue weighted by Gasteiger charge is 2.35. The quantitative estimate of drug-likeness (QED) is 0.439. The normalized spacial score (nSPS) is 12.4. The van der Waals surface area contributed by atoms with Crippen molar-refractivity contribution in [3.05, 3.63) is 71.8 Å². The number of methoxy groups -OCH3 is 1. The van der Waals surface area contributed by atoms with E-state index in [1.165, 1.54) is 31.4 Å². The second kappa shape index (κ2) is 8.39. The number of amides is 3. The molecule has 0 radical (unpaired) electrons. The molecule has 29 heavy (non-hydrogen) atoms. The van der Waals surface area contributed by atoms with Crippen molar-refractivity contribution in [1.29, 1.82) is 0 Å². The highest BCUT2D eigenvalue weighted by Crippen LogP contribution is 2.24. The van der Waals surface area contributed by atoms with E-state index in [1.54, 1.807) is 24.3 Å². The SMILES string of the molecule is C=CCN1C(=O)c2ccc(C(=O)OCC(=O)Nc3ccc(OC)cc3)cc2C1=O. The van der Waals surface area contributed by atoms with Gasteiger partial charge in [0.15, 0.2) is 6.61 Å². The lowest BCUT2D eigenvalue weighted by Crippen LogP contribution is -2.29. The Hall–Kier alpha value is -3.94. The topological polar surface area (TPSA) is 102 Å². The van der Waals surface area contributed by atoms with Crippen molar-refractivity contribution in [1.82, 2.24) is 4.90 Å². The van der Waals surface area contributed by atoms with Crippen LogP contribution in [-0.4, -0.2) is 48.9 Å². The number of nitrogens with one attached hydrogen (secondary N) is 1. The Morgan fingerprint density at radius 1 is 1.07 bits per heavy atom. The van der Waals surface area contributed by atoms with Crippen LogP contribution in [0.5, 0.6) is 5.75 Å². The summed E-state index contributed by atoms with van der Waals surface area (Å²) in [7, 11) is 1.53. The van der Waals surface area contributed by atoms with Gasteiger partial charge in [0, 0.05) is 12.2 Å². The Morgan fingerprint density at radius 3 is 2.41 bits per heavy atom. The number of hydrogen-bond acceptors (Lipinski definition) is 6. The smallest absolute Gasteiger partial charge is 0.338 e. The fraction of sp³-hybridized carbons (Fsp3) is 0.143. The maximum Gasteiger partial charge on any atom is 0.338 e. The summed E-state index contributed by atoms with van der Waals surface area (Å²) in [5.41, 5.74) is 0.929. The van der Waals surface area contributed by atoms with Gasteiger partial charge in [0.05, 0.1) is 23.8 Å². The van der Waals surface area contributed by atoms with Gasteiger partial charge in [-0.3, -0.25) is 19.3 Å². The van der Waals surface area contributed by atoms with Gasteiger partial charge in [-0.05, 0) is 42.5 Å². The fourth-order valence-corrected chi connectivity index (χ4v) is 2.80. The molecule has 0 aliphatic carbocycles. The lowest BCUT2D eigenvalue weighted by atomic mass is 10.1. The molecule has 0 spiro atoms. The van der Waals surface area contributed by atoms with E-state index in [4.69, 9.17) is 9.47 Å². The molecule has 8 heteroatoms. The number of rotatable bonds is 7. The number of benzene rings is 2. The first-order chi connectivity index (χ1) is 13.9. The molecule has 0 saturated carbocycles. The van der Waals surface area contributed by atoms with Crippen LogP contribution in [0, 0.1) is 0 Å². The molecule has 1 N–H and O–H groups in total. The van der Waals surface area contributed by atoms with Crippen molar-refractivity contribution in [2.24, 2.45) is 0 Å². The molecule has 0 bridgehead atoms. The van der Waals surface area contributed by atoms with E-state index in [0.29, 0.717) is 11.4 Å². The highest BCUT2D eigenvalue weighted by molar-refractivity contribution is 6.22. The summed E-state index contributed by atoms with van der Waals surface area (Å²) in [4.78, 5) is 49.7. The molecule has 0 aromatic heterocycles. The number of esters is 1. The summed E-state index contributed by atoms with van der Waals surface area (Å²) in [6.07, 6.45) is 1.44. The number of nitrogens with zero attached hydrogens (tertiary/aromatic N) is 1. The molecule has 0 fully saturated rings. The van der Waals surface area contributed by atoms with Gasteiger partial charge >= 0.3 is 5.97 Å². The van der Waals surface area contributed by atoms with Gasteiger partial charge in [0.25, 0.3) is 17.7 Å². The number of hydrogen-bond donors (Lipinski definition) is 1. The molecule has 2 aromatic carbocycles. The minimum absolute atomic E-state index is 0.0719. The van der Waals surface area contributed by atoms with Crippen LogP contribution in [-0.2, 0) is 9.53 Å². The van der Waals surface area contributed by atoms with Crippen LogP contribution < -0.4 is 10.1 Å². The number of fused-ring (bicyclic) bond motifs is 1. The van der Waals surface area contributed by atoms with Crippen molar-refractivity contribution in [2.75, 3.05) is 25.6 Å². The largest absolute Gasteiger partial charge is 0.497 e. The molecule has 0 unspecified atom stereocenters. The van der Waals surface area contributed by atoms with Gasteiger partial charge in [-0.1, -0.05) is 6.08 Å². The molecule has 148 valence electrons. The predicted molar refractivity (Wildman–Crippen MR) is 104 cm³/mol. The number of imide groups is 1. The molecule has 3 rings (SSSR count). The van der Waals surface area contributed by atoms with Gasteiger partial charge in [0.2, 0.25) is 0 Å². The first-order valence-electron chi connectivity index (χ1n) is 8.66. The van der Waals surface area contributed by atoms with Crippen molar-refractivity contribution in [3.8, 4) is 5.75 Å². The van der Waals surface area contributed by atoms with Crippen LogP contribution in [0.1, 0.15) is 31.1 Å². The molecule has 0 atom stereocenters. The first kappa shape index (κ1) is 19.8.